The second-order valence-electron chi connectivity index (χ2n) is 8.48. The summed E-state index contributed by atoms with van der Waals surface area (Å²) < 4.78 is 5.28. The molecule has 0 bridgehead atoms. The third kappa shape index (κ3) is 4.88. The molecular weight excluding hydrogens is 406 g/mol. The predicted molar refractivity (Wildman–Crippen MR) is 126 cm³/mol. The minimum absolute atomic E-state index is 0.0204. The highest BCUT2D eigenvalue weighted by molar-refractivity contribution is 5.86. The van der Waals surface area contributed by atoms with Crippen molar-refractivity contribution >= 4 is 34.2 Å². The smallest absolute Gasteiger partial charge is 0.282 e. The predicted octanol–water partition coefficient (Wildman–Crippen LogP) is 1.30. The van der Waals surface area contributed by atoms with Gasteiger partial charge in [-0.05, 0) is 43.7 Å². The van der Waals surface area contributed by atoms with Crippen molar-refractivity contribution in [3.8, 4) is 0 Å². The van der Waals surface area contributed by atoms with E-state index in [0.717, 1.165) is 41.1 Å². The standard InChI is InChI=1S/C23H29N7O2/c1-23(2,25)21(31)30-11-9-29(10-12-30)17-14-20-19(27-15-17)6-5-18(28-20)16-4-3-13-32-22(24)26-8-7-16/h3-7,14-15H,8-13,25H2,1-2H3,(H2,24,26). The van der Waals surface area contributed by atoms with Crippen molar-refractivity contribution in [2.75, 3.05) is 44.2 Å². The van der Waals surface area contributed by atoms with Gasteiger partial charge in [0.2, 0.25) is 5.91 Å². The number of piperazine rings is 1. The lowest BCUT2D eigenvalue weighted by atomic mass is 10.0. The number of amides is 1. The number of allylic oxidation sites excluding steroid dienone is 2. The number of pyridine rings is 2. The van der Waals surface area contributed by atoms with Gasteiger partial charge in [0, 0.05) is 26.2 Å². The summed E-state index contributed by atoms with van der Waals surface area (Å²) >= 11 is 0. The number of anilines is 1. The van der Waals surface area contributed by atoms with Gasteiger partial charge in [-0.3, -0.25) is 9.78 Å². The van der Waals surface area contributed by atoms with E-state index in [0.29, 0.717) is 26.2 Å². The molecule has 1 saturated heterocycles. The number of rotatable bonds is 3. The molecule has 0 aliphatic carbocycles. The fourth-order valence-electron chi connectivity index (χ4n) is 3.75. The summed E-state index contributed by atoms with van der Waals surface area (Å²) in [6.07, 6.45) is 7.69. The number of fused-ring (bicyclic) bond motifs is 1. The number of carbonyl (C=O) groups excluding carboxylic acids is 1. The summed E-state index contributed by atoms with van der Waals surface area (Å²) in [6.45, 7) is 6.99. The van der Waals surface area contributed by atoms with Crippen LogP contribution in [0.5, 0.6) is 0 Å². The maximum atomic E-state index is 12.4. The number of nitrogens with two attached hydrogens (primary N) is 2. The number of ether oxygens (including phenoxy) is 1. The van der Waals surface area contributed by atoms with Crippen molar-refractivity contribution < 1.29 is 9.53 Å². The Labute approximate surface area is 187 Å². The second-order valence-corrected chi connectivity index (χ2v) is 8.48. The van der Waals surface area contributed by atoms with Crippen LogP contribution in [-0.4, -0.2) is 71.7 Å². The van der Waals surface area contributed by atoms with Crippen LogP contribution < -0.4 is 16.4 Å². The van der Waals surface area contributed by atoms with Gasteiger partial charge in [-0.25, -0.2) is 9.98 Å². The minimum Gasteiger partial charge on any atom is -0.461 e. The quantitative estimate of drug-likeness (QED) is 0.745. The van der Waals surface area contributed by atoms with Crippen molar-refractivity contribution in [1.29, 1.82) is 0 Å². The van der Waals surface area contributed by atoms with Crippen LogP contribution in [0, 0.1) is 0 Å². The van der Waals surface area contributed by atoms with Crippen LogP contribution in [0.2, 0.25) is 0 Å². The SMILES string of the molecule is CC(C)(N)C(=O)N1CCN(c2cnc3ccc(C4=CCN=C(N)OCC=C4)nc3c2)CC1. The molecule has 4 heterocycles. The van der Waals surface area contributed by atoms with Gasteiger partial charge in [0.25, 0.3) is 6.02 Å². The van der Waals surface area contributed by atoms with Gasteiger partial charge >= 0.3 is 0 Å². The summed E-state index contributed by atoms with van der Waals surface area (Å²) in [5.74, 6) is -0.0204. The van der Waals surface area contributed by atoms with Crippen molar-refractivity contribution in [2.24, 2.45) is 16.5 Å². The van der Waals surface area contributed by atoms with Gasteiger partial charge in [-0.2, -0.15) is 0 Å². The van der Waals surface area contributed by atoms with E-state index < -0.39 is 5.54 Å². The van der Waals surface area contributed by atoms with E-state index in [4.69, 9.17) is 21.2 Å². The molecule has 1 fully saturated rings. The van der Waals surface area contributed by atoms with Gasteiger partial charge in [0.1, 0.15) is 6.61 Å². The third-order valence-corrected chi connectivity index (χ3v) is 5.49. The Morgan fingerprint density at radius 1 is 1.16 bits per heavy atom. The van der Waals surface area contributed by atoms with E-state index >= 15 is 0 Å². The number of hydrogen-bond acceptors (Lipinski definition) is 8. The Morgan fingerprint density at radius 3 is 2.69 bits per heavy atom. The summed E-state index contributed by atoms with van der Waals surface area (Å²) in [5, 5.41) is 0. The van der Waals surface area contributed by atoms with Gasteiger partial charge in [0.15, 0.2) is 0 Å². The first-order chi connectivity index (χ1) is 15.3. The maximum absolute atomic E-state index is 12.4. The van der Waals surface area contributed by atoms with Crippen LogP contribution in [0.15, 0.2) is 47.6 Å². The molecule has 2 aliphatic heterocycles. The molecule has 0 atom stereocenters. The molecule has 9 nitrogen and oxygen atoms in total. The van der Waals surface area contributed by atoms with Crippen LogP contribution in [0.25, 0.3) is 16.6 Å². The average molecular weight is 436 g/mol. The Morgan fingerprint density at radius 2 is 1.94 bits per heavy atom. The van der Waals surface area contributed by atoms with Crippen LogP contribution >= 0.6 is 0 Å². The molecule has 0 aromatic carbocycles. The van der Waals surface area contributed by atoms with E-state index in [2.05, 4.69) is 20.9 Å². The molecule has 2 aromatic heterocycles. The zero-order valence-electron chi connectivity index (χ0n) is 18.5. The number of amidine groups is 1. The van der Waals surface area contributed by atoms with Crippen LogP contribution in [-0.2, 0) is 9.53 Å². The number of aliphatic imine (C=N–C) groups is 1. The third-order valence-electron chi connectivity index (χ3n) is 5.49. The number of nitrogens with zero attached hydrogens (tertiary/aromatic N) is 5. The van der Waals surface area contributed by atoms with Gasteiger partial charge in [-0.1, -0.05) is 12.2 Å². The topological polar surface area (TPSA) is 123 Å². The maximum Gasteiger partial charge on any atom is 0.282 e. The zero-order valence-corrected chi connectivity index (χ0v) is 18.5. The highest BCUT2D eigenvalue weighted by Gasteiger charge is 2.30. The van der Waals surface area contributed by atoms with E-state index in [-0.39, 0.29) is 11.9 Å². The van der Waals surface area contributed by atoms with E-state index in [1.54, 1.807) is 13.8 Å². The molecule has 0 spiro atoms. The van der Waals surface area contributed by atoms with Gasteiger partial charge in [0.05, 0.1) is 40.7 Å². The number of aromatic nitrogens is 2. The lowest BCUT2D eigenvalue weighted by Gasteiger charge is -2.38. The van der Waals surface area contributed by atoms with Gasteiger partial charge in [-0.15, -0.1) is 0 Å². The molecule has 0 unspecified atom stereocenters. The van der Waals surface area contributed by atoms with E-state index in [1.807, 2.05) is 41.5 Å². The van der Waals surface area contributed by atoms with Crippen LogP contribution in [0.1, 0.15) is 19.5 Å². The van der Waals surface area contributed by atoms with Crippen LogP contribution in [0.4, 0.5) is 5.69 Å². The lowest BCUT2D eigenvalue weighted by Crippen LogP contribution is -2.57. The number of hydrogen-bond donors (Lipinski definition) is 2. The summed E-state index contributed by atoms with van der Waals surface area (Å²) in [5.41, 5.74) is 15.2. The summed E-state index contributed by atoms with van der Waals surface area (Å²) in [7, 11) is 0. The fraction of sp³-hybridized carbons (Fsp3) is 0.391. The number of carbonyl (C=O) groups is 1. The highest BCUT2D eigenvalue weighted by atomic mass is 16.5. The lowest BCUT2D eigenvalue weighted by molar-refractivity contribution is -0.136. The zero-order chi connectivity index (χ0) is 22.7. The molecular formula is C23H29N7O2. The Balaban J connectivity index is 1.54. The van der Waals surface area contributed by atoms with Crippen molar-refractivity contribution in [3.63, 3.8) is 0 Å². The molecule has 2 aromatic rings. The Bertz CT molecular complexity index is 1090. The average Bonchev–Trinajstić information content (AvgIpc) is 2.89. The first-order valence-corrected chi connectivity index (χ1v) is 10.7. The second kappa shape index (κ2) is 8.96. The first-order valence-electron chi connectivity index (χ1n) is 10.7. The van der Waals surface area contributed by atoms with Crippen molar-refractivity contribution in [1.82, 2.24) is 14.9 Å². The molecule has 1 amide bonds. The molecule has 32 heavy (non-hydrogen) atoms. The highest BCUT2D eigenvalue weighted by Crippen LogP contribution is 2.23. The molecule has 168 valence electrons. The normalized spacial score (nSPS) is 17.7. The van der Waals surface area contributed by atoms with E-state index in [1.165, 1.54) is 0 Å². The Kier molecular flexibility index (Phi) is 6.09. The van der Waals surface area contributed by atoms with Crippen LogP contribution in [0.3, 0.4) is 0 Å². The monoisotopic (exact) mass is 435 g/mol. The summed E-state index contributed by atoms with van der Waals surface area (Å²) in [4.78, 5) is 30.1. The minimum atomic E-state index is -0.852. The first kappa shape index (κ1) is 21.8. The molecule has 4 rings (SSSR count). The van der Waals surface area contributed by atoms with Crippen molar-refractivity contribution in [3.05, 3.63) is 48.3 Å². The van der Waals surface area contributed by atoms with Gasteiger partial charge < -0.3 is 26.0 Å². The van der Waals surface area contributed by atoms with E-state index in [9.17, 15) is 4.79 Å². The Hall–Kier alpha value is -3.46. The molecule has 4 N–H and O–H groups in total. The molecule has 9 heteroatoms. The van der Waals surface area contributed by atoms with Crippen molar-refractivity contribution in [2.45, 2.75) is 19.4 Å². The largest absolute Gasteiger partial charge is 0.461 e. The molecule has 2 aliphatic rings. The molecule has 0 saturated carbocycles. The fourth-order valence-corrected chi connectivity index (χ4v) is 3.75. The molecule has 0 radical (unpaired) electrons. The summed E-state index contributed by atoms with van der Waals surface area (Å²) in [6, 6.07) is 6.16.